The van der Waals surface area contributed by atoms with Crippen molar-refractivity contribution in [3.05, 3.63) is 29.6 Å². The smallest absolute Gasteiger partial charge is 0.165 e. The molecule has 4 heteroatoms. The first kappa shape index (κ1) is 20.2. The molecule has 0 aliphatic heterocycles. The molecule has 0 bridgehead atoms. The van der Waals surface area contributed by atoms with Crippen LogP contribution in [0.5, 0.6) is 5.75 Å². The Hall–Kier alpha value is -1.13. The summed E-state index contributed by atoms with van der Waals surface area (Å²) in [5, 5.41) is 3.67. The van der Waals surface area contributed by atoms with Gasteiger partial charge in [0.15, 0.2) is 11.6 Å². The third-order valence-electron chi connectivity index (χ3n) is 4.81. The number of hydrogen-bond donors (Lipinski definition) is 2. The second-order valence-corrected chi connectivity index (χ2v) is 8.40. The zero-order valence-electron chi connectivity index (χ0n) is 16.1. The Balaban J connectivity index is 1.97. The van der Waals surface area contributed by atoms with Crippen molar-refractivity contribution in [1.29, 1.82) is 0 Å². The number of nitrogens with two attached hydrogens (primary N) is 1. The van der Waals surface area contributed by atoms with Gasteiger partial charge in [-0.2, -0.15) is 0 Å². The normalized spacial score (nSPS) is 16.0. The molecule has 3 nitrogen and oxygen atoms in total. The molecule has 1 fully saturated rings. The average Bonchev–Trinajstić information content (AvgIpc) is 3.37. The highest BCUT2D eigenvalue weighted by atomic mass is 19.1. The zero-order valence-corrected chi connectivity index (χ0v) is 16.1. The maximum Gasteiger partial charge on any atom is 0.165 e. The molecule has 1 saturated carbocycles. The van der Waals surface area contributed by atoms with Crippen molar-refractivity contribution in [2.45, 2.75) is 65.3 Å². The molecule has 2 rings (SSSR count). The number of hydrogen-bond acceptors (Lipinski definition) is 3. The minimum atomic E-state index is -0.265. The number of unbranched alkanes of at least 4 members (excludes halogenated alkanes) is 3. The molecule has 0 heterocycles. The van der Waals surface area contributed by atoms with Gasteiger partial charge in [0.05, 0.1) is 6.61 Å². The Labute approximate surface area is 152 Å². The first-order valence-electron chi connectivity index (χ1n) is 9.77. The van der Waals surface area contributed by atoms with E-state index in [9.17, 15) is 4.39 Å². The van der Waals surface area contributed by atoms with Crippen molar-refractivity contribution in [3.63, 3.8) is 0 Å². The quantitative estimate of drug-likeness (QED) is 0.563. The summed E-state index contributed by atoms with van der Waals surface area (Å²) in [5.41, 5.74) is 6.68. The maximum atomic E-state index is 14.1. The van der Waals surface area contributed by atoms with Gasteiger partial charge in [-0.25, -0.2) is 4.39 Å². The Morgan fingerprint density at radius 1 is 1.20 bits per heavy atom. The number of benzene rings is 1. The number of ether oxygens (including phenoxy) is 1. The molecule has 142 valence electrons. The van der Waals surface area contributed by atoms with Crippen LogP contribution < -0.4 is 15.8 Å². The summed E-state index contributed by atoms with van der Waals surface area (Å²) in [6.45, 7) is 9.02. The SMILES string of the molecule is CC(C)(C)C(NCCCCCCN)c1ccc(F)c(OCC2CC2)c1. The molecule has 25 heavy (non-hydrogen) atoms. The van der Waals surface area contributed by atoms with Crippen molar-refractivity contribution >= 4 is 0 Å². The van der Waals surface area contributed by atoms with Crippen molar-refractivity contribution < 1.29 is 9.13 Å². The first-order valence-corrected chi connectivity index (χ1v) is 9.77. The molecule has 0 spiro atoms. The molecule has 1 unspecified atom stereocenters. The third-order valence-corrected chi connectivity index (χ3v) is 4.81. The second kappa shape index (κ2) is 9.54. The van der Waals surface area contributed by atoms with Gasteiger partial charge >= 0.3 is 0 Å². The van der Waals surface area contributed by atoms with Crippen LogP contribution in [-0.4, -0.2) is 19.7 Å². The monoisotopic (exact) mass is 350 g/mol. The fourth-order valence-corrected chi connectivity index (χ4v) is 3.10. The Kier molecular flexibility index (Phi) is 7.70. The number of nitrogens with one attached hydrogen (secondary N) is 1. The van der Waals surface area contributed by atoms with E-state index in [1.807, 2.05) is 12.1 Å². The van der Waals surface area contributed by atoms with Gasteiger partial charge in [0.25, 0.3) is 0 Å². The van der Waals surface area contributed by atoms with Crippen LogP contribution in [0.4, 0.5) is 4.39 Å². The summed E-state index contributed by atoms with van der Waals surface area (Å²) in [5.74, 6) is 0.746. The lowest BCUT2D eigenvalue weighted by atomic mass is 9.82. The molecule has 1 atom stereocenters. The Morgan fingerprint density at radius 2 is 1.92 bits per heavy atom. The Morgan fingerprint density at radius 3 is 2.56 bits per heavy atom. The lowest BCUT2D eigenvalue weighted by Gasteiger charge is -2.32. The lowest BCUT2D eigenvalue weighted by molar-refractivity contribution is 0.265. The summed E-state index contributed by atoms with van der Waals surface area (Å²) in [6, 6.07) is 5.48. The minimum Gasteiger partial charge on any atom is -0.490 e. The molecule has 0 aromatic heterocycles. The van der Waals surface area contributed by atoms with Crippen LogP contribution in [0.1, 0.15) is 70.9 Å². The van der Waals surface area contributed by atoms with E-state index in [4.69, 9.17) is 10.5 Å². The van der Waals surface area contributed by atoms with E-state index in [0.717, 1.165) is 31.5 Å². The highest BCUT2D eigenvalue weighted by Crippen LogP contribution is 2.36. The zero-order chi connectivity index (χ0) is 18.3. The fraction of sp³-hybridized carbons (Fsp3) is 0.714. The first-order chi connectivity index (χ1) is 11.9. The van der Waals surface area contributed by atoms with Gasteiger partial charge in [-0.05, 0) is 67.8 Å². The van der Waals surface area contributed by atoms with E-state index in [1.54, 1.807) is 6.07 Å². The van der Waals surface area contributed by atoms with E-state index < -0.39 is 0 Å². The second-order valence-electron chi connectivity index (χ2n) is 8.40. The Bertz CT molecular complexity index is 523. The summed E-state index contributed by atoms with van der Waals surface area (Å²) in [4.78, 5) is 0. The van der Waals surface area contributed by atoms with Gasteiger partial charge < -0.3 is 15.8 Å². The van der Waals surface area contributed by atoms with E-state index in [2.05, 4.69) is 26.1 Å². The molecule has 0 radical (unpaired) electrons. The molecule has 1 aromatic carbocycles. The van der Waals surface area contributed by atoms with Gasteiger partial charge in [0.1, 0.15) is 0 Å². The van der Waals surface area contributed by atoms with Crippen LogP contribution >= 0.6 is 0 Å². The summed E-state index contributed by atoms with van der Waals surface area (Å²) in [6.07, 6.45) is 7.03. The molecule has 1 aliphatic carbocycles. The highest BCUT2D eigenvalue weighted by Gasteiger charge is 2.27. The van der Waals surface area contributed by atoms with E-state index >= 15 is 0 Å². The summed E-state index contributed by atoms with van der Waals surface area (Å²) < 4.78 is 19.8. The maximum absolute atomic E-state index is 14.1. The van der Waals surface area contributed by atoms with Gasteiger partial charge in [0.2, 0.25) is 0 Å². The average molecular weight is 351 g/mol. The van der Waals surface area contributed by atoms with Crippen LogP contribution in [-0.2, 0) is 0 Å². The predicted octanol–water partition coefficient (Wildman–Crippen LogP) is 4.81. The van der Waals surface area contributed by atoms with E-state index in [-0.39, 0.29) is 17.3 Å². The van der Waals surface area contributed by atoms with Crippen LogP contribution in [0.25, 0.3) is 0 Å². The van der Waals surface area contributed by atoms with Gasteiger partial charge in [-0.15, -0.1) is 0 Å². The molecule has 1 aliphatic rings. The fourth-order valence-electron chi connectivity index (χ4n) is 3.10. The number of rotatable bonds is 11. The predicted molar refractivity (Wildman–Crippen MR) is 102 cm³/mol. The lowest BCUT2D eigenvalue weighted by Crippen LogP contribution is -2.33. The van der Waals surface area contributed by atoms with Crippen LogP contribution in [0.15, 0.2) is 18.2 Å². The van der Waals surface area contributed by atoms with Crippen LogP contribution in [0.3, 0.4) is 0 Å². The van der Waals surface area contributed by atoms with E-state index in [1.165, 1.54) is 25.7 Å². The van der Waals surface area contributed by atoms with Crippen molar-refractivity contribution in [1.82, 2.24) is 5.32 Å². The van der Waals surface area contributed by atoms with Crippen LogP contribution in [0, 0.1) is 17.2 Å². The van der Waals surface area contributed by atoms with Gasteiger partial charge in [-0.1, -0.05) is 39.7 Å². The van der Waals surface area contributed by atoms with Crippen molar-refractivity contribution in [2.75, 3.05) is 19.7 Å². The standard InChI is InChI=1S/C21H35FN2O/c1-21(2,3)20(24-13-7-5-4-6-12-23)17-10-11-18(22)19(14-17)25-15-16-8-9-16/h10-11,14,16,20,24H,4-9,12-13,15,23H2,1-3H3. The topological polar surface area (TPSA) is 47.3 Å². The van der Waals surface area contributed by atoms with Crippen LogP contribution in [0.2, 0.25) is 0 Å². The third kappa shape index (κ3) is 6.95. The van der Waals surface area contributed by atoms with E-state index in [0.29, 0.717) is 18.3 Å². The van der Waals surface area contributed by atoms with Crippen molar-refractivity contribution in [3.8, 4) is 5.75 Å². The van der Waals surface area contributed by atoms with Gasteiger partial charge in [-0.3, -0.25) is 0 Å². The highest BCUT2D eigenvalue weighted by molar-refractivity contribution is 5.33. The molecular weight excluding hydrogens is 315 g/mol. The largest absolute Gasteiger partial charge is 0.490 e. The summed E-state index contributed by atoms with van der Waals surface area (Å²) >= 11 is 0. The molecule has 1 aromatic rings. The van der Waals surface area contributed by atoms with Crippen molar-refractivity contribution in [2.24, 2.45) is 17.1 Å². The number of halogens is 1. The van der Waals surface area contributed by atoms with Gasteiger partial charge in [0, 0.05) is 6.04 Å². The summed E-state index contributed by atoms with van der Waals surface area (Å²) in [7, 11) is 0. The molecule has 0 amide bonds. The molecular formula is C21H35FN2O. The molecule has 0 saturated heterocycles. The molecule has 3 N–H and O–H groups in total. The minimum absolute atomic E-state index is 0.0445.